The summed E-state index contributed by atoms with van der Waals surface area (Å²) in [4.78, 5) is 0. The molecular formula is C24H58O5. The van der Waals surface area contributed by atoms with Crippen LogP contribution in [0.3, 0.4) is 0 Å². The third-order valence-corrected chi connectivity index (χ3v) is 2.92. The van der Waals surface area contributed by atoms with Crippen LogP contribution in [0.15, 0.2) is 0 Å². The summed E-state index contributed by atoms with van der Waals surface area (Å²) >= 11 is 0. The van der Waals surface area contributed by atoms with Gasteiger partial charge in [0, 0.05) is 66.1 Å². The average molecular weight is 427 g/mol. The van der Waals surface area contributed by atoms with Gasteiger partial charge in [0.25, 0.3) is 0 Å². The molecule has 0 fully saturated rings. The number of ether oxygens (including phenoxy) is 5. The highest BCUT2D eigenvalue weighted by molar-refractivity contribution is 4.33. The smallest absolute Gasteiger partial charge is 0.0465 e. The van der Waals surface area contributed by atoms with E-state index in [1.807, 2.05) is 55.4 Å². The molecule has 0 aliphatic carbocycles. The highest BCUT2D eigenvalue weighted by Gasteiger charge is 1.84. The molecule has 0 N–H and O–H groups in total. The van der Waals surface area contributed by atoms with Crippen LogP contribution in [0, 0.1) is 0 Å². The molecule has 0 bridgehead atoms. The topological polar surface area (TPSA) is 46.2 Å². The van der Waals surface area contributed by atoms with Gasteiger partial charge in [-0.05, 0) is 68.2 Å². The van der Waals surface area contributed by atoms with Gasteiger partial charge >= 0.3 is 0 Å². The zero-order chi connectivity index (χ0) is 23.4. The van der Waals surface area contributed by atoms with E-state index >= 15 is 0 Å². The third-order valence-electron chi connectivity index (χ3n) is 2.92. The molecule has 0 unspecified atom stereocenters. The lowest BCUT2D eigenvalue weighted by molar-refractivity contribution is 0.128. The molecule has 29 heavy (non-hydrogen) atoms. The number of hydrogen-bond acceptors (Lipinski definition) is 5. The molecular weight excluding hydrogens is 368 g/mol. The zero-order valence-electron chi connectivity index (χ0n) is 21.9. The van der Waals surface area contributed by atoms with Gasteiger partial charge in [0.2, 0.25) is 0 Å². The Morgan fingerprint density at radius 3 is 0.621 bits per heavy atom. The average Bonchev–Trinajstić information content (AvgIpc) is 2.72. The molecule has 0 rings (SSSR count). The Morgan fingerprint density at radius 2 is 0.517 bits per heavy atom. The van der Waals surface area contributed by atoms with Gasteiger partial charge in [-0.15, -0.1) is 0 Å². The summed E-state index contributed by atoms with van der Waals surface area (Å²) in [5.41, 5.74) is 0. The van der Waals surface area contributed by atoms with Crippen molar-refractivity contribution in [3.63, 3.8) is 0 Å². The lowest BCUT2D eigenvalue weighted by Gasteiger charge is -1.99. The standard InChI is InChI=1S/C8H18O.4C4H10O/c1-3-5-7-9-8-6-4-2;4*1-3-5-4-2/h3-8H2,1-2H3;4*3-4H2,1-2H3. The van der Waals surface area contributed by atoms with E-state index in [0.717, 1.165) is 66.1 Å². The normalized spacial score (nSPS) is 8.90. The van der Waals surface area contributed by atoms with Gasteiger partial charge in [-0.1, -0.05) is 26.7 Å². The van der Waals surface area contributed by atoms with Crippen molar-refractivity contribution in [1.82, 2.24) is 0 Å². The first-order valence-corrected chi connectivity index (χ1v) is 12.0. The number of unbranched alkanes of at least 4 members (excludes halogenated alkanes) is 2. The lowest BCUT2D eigenvalue weighted by Crippen LogP contribution is -1.95. The highest BCUT2D eigenvalue weighted by atomic mass is 16.5. The molecule has 184 valence electrons. The van der Waals surface area contributed by atoms with Crippen LogP contribution in [0.4, 0.5) is 0 Å². The maximum atomic E-state index is 5.31. The van der Waals surface area contributed by atoms with Crippen molar-refractivity contribution >= 4 is 0 Å². The maximum Gasteiger partial charge on any atom is 0.0465 e. The van der Waals surface area contributed by atoms with Crippen LogP contribution in [-0.2, 0) is 23.7 Å². The molecule has 5 nitrogen and oxygen atoms in total. The van der Waals surface area contributed by atoms with Gasteiger partial charge in [0.05, 0.1) is 0 Å². The van der Waals surface area contributed by atoms with E-state index in [1.165, 1.54) is 25.7 Å². The zero-order valence-corrected chi connectivity index (χ0v) is 21.9. The molecule has 0 saturated heterocycles. The second-order valence-corrected chi connectivity index (χ2v) is 5.45. The molecule has 0 aliphatic rings. The number of hydrogen-bond donors (Lipinski definition) is 0. The second kappa shape index (κ2) is 56.5. The van der Waals surface area contributed by atoms with Gasteiger partial charge < -0.3 is 23.7 Å². The predicted octanol–water partition coefficient (Wildman–Crippen LogP) is 6.77. The van der Waals surface area contributed by atoms with E-state index in [0.29, 0.717) is 0 Å². The molecule has 0 heterocycles. The first-order valence-electron chi connectivity index (χ1n) is 12.0. The first-order chi connectivity index (χ1) is 14.1. The SMILES string of the molecule is CCCCOCCCC.CCOCC.CCOCC.CCOCC.CCOCC. The van der Waals surface area contributed by atoms with Crippen LogP contribution < -0.4 is 0 Å². The molecule has 0 aromatic rings. The minimum atomic E-state index is 0.844. The molecule has 0 saturated carbocycles. The molecule has 0 spiro atoms. The molecule has 0 aromatic heterocycles. The molecule has 0 atom stereocenters. The van der Waals surface area contributed by atoms with Crippen LogP contribution in [0.5, 0.6) is 0 Å². The Bertz CT molecular complexity index is 143. The largest absolute Gasteiger partial charge is 0.382 e. The van der Waals surface area contributed by atoms with Crippen LogP contribution in [0.1, 0.15) is 94.9 Å². The number of rotatable bonds is 14. The van der Waals surface area contributed by atoms with Gasteiger partial charge in [0.15, 0.2) is 0 Å². The molecule has 0 aliphatic heterocycles. The monoisotopic (exact) mass is 426 g/mol. The van der Waals surface area contributed by atoms with Gasteiger partial charge in [-0.25, -0.2) is 0 Å². The van der Waals surface area contributed by atoms with E-state index < -0.39 is 0 Å². The molecule has 5 heteroatoms. The summed E-state index contributed by atoms with van der Waals surface area (Å²) < 4.78 is 24.6. The molecule has 0 radical (unpaired) electrons. The van der Waals surface area contributed by atoms with Crippen molar-refractivity contribution in [2.45, 2.75) is 94.9 Å². The second-order valence-electron chi connectivity index (χ2n) is 5.45. The van der Waals surface area contributed by atoms with E-state index in [2.05, 4.69) is 13.8 Å². The Balaban J connectivity index is -0.0000000853. The summed E-state index contributed by atoms with van der Waals surface area (Å²) in [6.07, 6.45) is 4.91. The van der Waals surface area contributed by atoms with E-state index in [1.54, 1.807) is 0 Å². The quantitative estimate of drug-likeness (QED) is 0.287. The minimum absolute atomic E-state index is 0.844. The van der Waals surface area contributed by atoms with Crippen LogP contribution >= 0.6 is 0 Å². The van der Waals surface area contributed by atoms with E-state index in [-0.39, 0.29) is 0 Å². The van der Waals surface area contributed by atoms with E-state index in [4.69, 9.17) is 23.7 Å². The van der Waals surface area contributed by atoms with Crippen LogP contribution in [-0.4, -0.2) is 66.1 Å². The van der Waals surface area contributed by atoms with Gasteiger partial charge in [-0.3, -0.25) is 0 Å². The predicted molar refractivity (Wildman–Crippen MR) is 129 cm³/mol. The fraction of sp³-hybridized carbons (Fsp3) is 1.00. The maximum absolute atomic E-state index is 5.31. The fourth-order valence-electron chi connectivity index (χ4n) is 1.41. The summed E-state index contributed by atoms with van der Waals surface area (Å²) in [6, 6.07) is 0. The van der Waals surface area contributed by atoms with E-state index in [9.17, 15) is 0 Å². The van der Waals surface area contributed by atoms with Crippen LogP contribution in [0.25, 0.3) is 0 Å². The molecule has 0 amide bonds. The van der Waals surface area contributed by atoms with Gasteiger partial charge in [-0.2, -0.15) is 0 Å². The van der Waals surface area contributed by atoms with Crippen molar-refractivity contribution in [3.05, 3.63) is 0 Å². The van der Waals surface area contributed by atoms with Crippen molar-refractivity contribution in [2.75, 3.05) is 66.1 Å². The Kier molecular flexibility index (Phi) is 76.5. The summed E-state index contributed by atoms with van der Waals surface area (Å²) in [5.74, 6) is 0. The third kappa shape index (κ3) is 97.2. The van der Waals surface area contributed by atoms with Crippen molar-refractivity contribution in [1.29, 1.82) is 0 Å². The molecule has 0 aromatic carbocycles. The van der Waals surface area contributed by atoms with Crippen LogP contribution in [0.2, 0.25) is 0 Å². The highest BCUT2D eigenvalue weighted by Crippen LogP contribution is 1.91. The fourth-order valence-corrected chi connectivity index (χ4v) is 1.41. The lowest BCUT2D eigenvalue weighted by atomic mass is 10.3. The minimum Gasteiger partial charge on any atom is -0.382 e. The first kappa shape index (κ1) is 39.3. The summed E-state index contributed by atoms with van der Waals surface area (Å²) in [5, 5.41) is 0. The Labute approximate surface area is 185 Å². The van der Waals surface area contributed by atoms with Crippen molar-refractivity contribution in [3.8, 4) is 0 Å². The summed E-state index contributed by atoms with van der Waals surface area (Å²) in [6.45, 7) is 28.9. The Hall–Kier alpha value is -0.200. The van der Waals surface area contributed by atoms with Gasteiger partial charge in [0.1, 0.15) is 0 Å². The summed E-state index contributed by atoms with van der Waals surface area (Å²) in [7, 11) is 0. The Morgan fingerprint density at radius 1 is 0.310 bits per heavy atom. The van der Waals surface area contributed by atoms with Crippen molar-refractivity contribution in [2.24, 2.45) is 0 Å². The van der Waals surface area contributed by atoms with Crippen molar-refractivity contribution < 1.29 is 23.7 Å².